The van der Waals surface area contributed by atoms with Gasteiger partial charge in [0.1, 0.15) is 4.88 Å². The lowest BCUT2D eigenvalue weighted by molar-refractivity contribution is -0.141. The Bertz CT molecular complexity index is 627. The van der Waals surface area contributed by atoms with Crippen LogP contribution in [0.25, 0.3) is 0 Å². The SMILES string of the molecule is Cc1nnsc1C(=O)NCC(Cc1ccccc1)C(=O)O. The number of carboxylic acids is 1. The quantitative estimate of drug-likeness (QED) is 0.844. The maximum Gasteiger partial charge on any atom is 0.308 e. The van der Waals surface area contributed by atoms with E-state index in [0.29, 0.717) is 17.0 Å². The predicted molar refractivity (Wildman–Crippen MR) is 78.3 cm³/mol. The van der Waals surface area contributed by atoms with Crippen LogP contribution in [0.15, 0.2) is 30.3 Å². The third-order valence-corrected chi connectivity index (χ3v) is 3.87. The van der Waals surface area contributed by atoms with Gasteiger partial charge in [-0.3, -0.25) is 9.59 Å². The van der Waals surface area contributed by atoms with Gasteiger partial charge >= 0.3 is 5.97 Å². The molecule has 1 atom stereocenters. The number of hydrogen-bond donors (Lipinski definition) is 2. The third kappa shape index (κ3) is 4.09. The zero-order chi connectivity index (χ0) is 15.2. The van der Waals surface area contributed by atoms with Crippen molar-refractivity contribution in [2.75, 3.05) is 6.54 Å². The first-order valence-electron chi connectivity index (χ1n) is 6.42. The standard InChI is InChI=1S/C14H15N3O3S/c1-9-12(21-17-16-9)13(18)15-8-11(14(19)20)7-10-5-3-2-4-6-10/h2-6,11H,7-8H2,1H3,(H,15,18)(H,19,20). The minimum atomic E-state index is -0.932. The molecule has 1 unspecified atom stereocenters. The van der Waals surface area contributed by atoms with Gasteiger partial charge in [0.2, 0.25) is 0 Å². The van der Waals surface area contributed by atoms with Gasteiger partial charge in [-0.05, 0) is 30.4 Å². The summed E-state index contributed by atoms with van der Waals surface area (Å²) < 4.78 is 3.69. The summed E-state index contributed by atoms with van der Waals surface area (Å²) in [6.07, 6.45) is 0.371. The molecule has 21 heavy (non-hydrogen) atoms. The molecule has 0 aliphatic carbocycles. The summed E-state index contributed by atoms with van der Waals surface area (Å²) in [6, 6.07) is 9.34. The van der Waals surface area contributed by atoms with Crippen LogP contribution in [0, 0.1) is 12.8 Å². The van der Waals surface area contributed by atoms with Crippen LogP contribution < -0.4 is 5.32 Å². The summed E-state index contributed by atoms with van der Waals surface area (Å²) in [4.78, 5) is 23.6. The Labute approximate surface area is 126 Å². The normalized spacial score (nSPS) is 11.9. The van der Waals surface area contributed by atoms with E-state index >= 15 is 0 Å². The van der Waals surface area contributed by atoms with E-state index < -0.39 is 11.9 Å². The summed E-state index contributed by atoms with van der Waals surface area (Å²) in [6.45, 7) is 1.76. The number of benzene rings is 1. The summed E-state index contributed by atoms with van der Waals surface area (Å²) in [5, 5.41) is 15.7. The van der Waals surface area contributed by atoms with Crippen molar-refractivity contribution in [3.8, 4) is 0 Å². The fourth-order valence-corrected chi connectivity index (χ4v) is 2.45. The zero-order valence-corrected chi connectivity index (χ0v) is 12.3. The fourth-order valence-electron chi connectivity index (χ4n) is 1.88. The van der Waals surface area contributed by atoms with Gasteiger partial charge < -0.3 is 10.4 Å². The number of aryl methyl sites for hydroxylation is 1. The Morgan fingerprint density at radius 3 is 2.62 bits per heavy atom. The molecule has 2 N–H and O–H groups in total. The minimum Gasteiger partial charge on any atom is -0.481 e. The number of carbonyl (C=O) groups is 2. The molecule has 0 fully saturated rings. The maximum atomic E-state index is 11.9. The van der Waals surface area contributed by atoms with Gasteiger partial charge in [-0.15, -0.1) is 5.10 Å². The monoisotopic (exact) mass is 305 g/mol. The van der Waals surface area contributed by atoms with Crippen molar-refractivity contribution in [1.82, 2.24) is 14.9 Å². The van der Waals surface area contributed by atoms with Gasteiger partial charge in [0, 0.05) is 6.54 Å². The molecule has 1 aromatic heterocycles. The van der Waals surface area contributed by atoms with Crippen LogP contribution in [0.5, 0.6) is 0 Å². The van der Waals surface area contributed by atoms with Crippen LogP contribution in [0.2, 0.25) is 0 Å². The van der Waals surface area contributed by atoms with Gasteiger partial charge in [-0.2, -0.15) is 0 Å². The molecule has 6 nitrogen and oxygen atoms in total. The number of nitrogens with zero attached hydrogens (tertiary/aromatic N) is 2. The molecular weight excluding hydrogens is 290 g/mol. The van der Waals surface area contributed by atoms with Crippen LogP contribution in [0.1, 0.15) is 20.9 Å². The highest BCUT2D eigenvalue weighted by atomic mass is 32.1. The van der Waals surface area contributed by atoms with Crippen LogP contribution in [0.3, 0.4) is 0 Å². The Morgan fingerprint density at radius 2 is 2.05 bits per heavy atom. The van der Waals surface area contributed by atoms with Crippen molar-refractivity contribution < 1.29 is 14.7 Å². The lowest BCUT2D eigenvalue weighted by Crippen LogP contribution is -2.34. The summed E-state index contributed by atoms with van der Waals surface area (Å²) in [5.41, 5.74) is 1.47. The molecule has 0 aliphatic rings. The van der Waals surface area contributed by atoms with Crippen LogP contribution in [-0.2, 0) is 11.2 Å². The van der Waals surface area contributed by atoms with Gasteiger partial charge in [0.05, 0.1) is 11.6 Å². The van der Waals surface area contributed by atoms with Crippen molar-refractivity contribution in [3.05, 3.63) is 46.5 Å². The Balaban J connectivity index is 1.96. The van der Waals surface area contributed by atoms with E-state index in [4.69, 9.17) is 0 Å². The van der Waals surface area contributed by atoms with E-state index in [1.54, 1.807) is 6.92 Å². The Hall–Kier alpha value is -2.28. The Kier molecular flexibility index (Phi) is 4.99. The number of rotatable bonds is 6. The van der Waals surface area contributed by atoms with Crippen molar-refractivity contribution in [3.63, 3.8) is 0 Å². The van der Waals surface area contributed by atoms with Gasteiger partial charge in [0.25, 0.3) is 5.91 Å². The molecule has 7 heteroatoms. The molecule has 2 aromatic rings. The molecule has 0 saturated carbocycles. The second kappa shape index (κ2) is 6.94. The molecular formula is C14H15N3O3S. The van der Waals surface area contributed by atoms with Crippen LogP contribution in [0.4, 0.5) is 0 Å². The number of hydrogen-bond acceptors (Lipinski definition) is 5. The summed E-state index contributed by atoms with van der Waals surface area (Å²) >= 11 is 1.00. The molecule has 110 valence electrons. The fraction of sp³-hybridized carbons (Fsp3) is 0.286. The molecule has 0 spiro atoms. The number of nitrogens with one attached hydrogen (secondary N) is 1. The highest BCUT2D eigenvalue weighted by Crippen LogP contribution is 2.11. The molecule has 0 aliphatic heterocycles. The van der Waals surface area contributed by atoms with Crippen molar-refractivity contribution in [2.24, 2.45) is 5.92 Å². The smallest absolute Gasteiger partial charge is 0.308 e. The van der Waals surface area contributed by atoms with Crippen LogP contribution in [-0.4, -0.2) is 33.1 Å². The van der Waals surface area contributed by atoms with Crippen molar-refractivity contribution in [2.45, 2.75) is 13.3 Å². The number of aliphatic carboxylic acids is 1. The topological polar surface area (TPSA) is 92.2 Å². The maximum absolute atomic E-state index is 11.9. The first-order chi connectivity index (χ1) is 10.1. The van der Waals surface area contributed by atoms with E-state index in [1.807, 2.05) is 30.3 Å². The van der Waals surface area contributed by atoms with Gasteiger partial charge in [-0.25, -0.2) is 0 Å². The van der Waals surface area contributed by atoms with E-state index in [-0.39, 0.29) is 12.5 Å². The second-order valence-corrected chi connectivity index (χ2v) is 5.38. The number of amides is 1. The minimum absolute atomic E-state index is 0.0698. The van der Waals surface area contributed by atoms with Crippen molar-refractivity contribution in [1.29, 1.82) is 0 Å². The lowest BCUT2D eigenvalue weighted by Gasteiger charge is -2.13. The third-order valence-electron chi connectivity index (χ3n) is 3.04. The largest absolute Gasteiger partial charge is 0.481 e. The second-order valence-electron chi connectivity index (χ2n) is 4.62. The van der Waals surface area contributed by atoms with E-state index in [0.717, 1.165) is 17.1 Å². The molecule has 1 amide bonds. The molecule has 0 saturated heterocycles. The highest BCUT2D eigenvalue weighted by Gasteiger charge is 2.20. The molecule has 0 radical (unpaired) electrons. The molecule has 1 aromatic carbocycles. The number of carboxylic acid groups (broad SMARTS) is 1. The number of aromatic nitrogens is 2. The zero-order valence-electron chi connectivity index (χ0n) is 11.4. The van der Waals surface area contributed by atoms with Gasteiger partial charge in [0.15, 0.2) is 0 Å². The first kappa shape index (κ1) is 15.1. The van der Waals surface area contributed by atoms with E-state index in [9.17, 15) is 14.7 Å². The van der Waals surface area contributed by atoms with E-state index in [2.05, 4.69) is 14.9 Å². The molecule has 1 heterocycles. The van der Waals surface area contributed by atoms with Gasteiger partial charge in [-0.1, -0.05) is 34.8 Å². The summed E-state index contributed by atoms with van der Waals surface area (Å²) in [7, 11) is 0. The molecule has 0 bridgehead atoms. The summed E-state index contributed by atoms with van der Waals surface area (Å²) in [5.74, 6) is -1.93. The first-order valence-corrected chi connectivity index (χ1v) is 7.19. The number of carbonyl (C=O) groups excluding carboxylic acids is 1. The Morgan fingerprint density at radius 1 is 1.33 bits per heavy atom. The average Bonchev–Trinajstić information content (AvgIpc) is 2.90. The predicted octanol–water partition coefficient (Wildman–Crippen LogP) is 1.52. The molecule has 2 rings (SSSR count). The van der Waals surface area contributed by atoms with Crippen molar-refractivity contribution >= 4 is 23.4 Å². The highest BCUT2D eigenvalue weighted by molar-refractivity contribution is 7.07. The average molecular weight is 305 g/mol. The van der Waals surface area contributed by atoms with E-state index in [1.165, 1.54) is 0 Å². The van der Waals surface area contributed by atoms with Crippen LogP contribution >= 0.6 is 11.5 Å². The lowest BCUT2D eigenvalue weighted by atomic mass is 9.99.